The summed E-state index contributed by atoms with van der Waals surface area (Å²) in [5, 5.41) is 0.405. The second kappa shape index (κ2) is 8.75. The van der Waals surface area contributed by atoms with Crippen LogP contribution in [0.25, 0.3) is 0 Å². The standard InChI is InChI=1S/C21H21ClN2O5S3/c1-14-12-24(13-15(2)29-14)20-19(31(25,26)18-10-8-16(22)9-11-18)23-21(30-20)32(27,28)17-6-4-3-5-7-17/h3-11,14-15H,12-13H2,1-2H3/t14-,15-/m1/s1. The summed E-state index contributed by atoms with van der Waals surface area (Å²) in [5.74, 6) is 0. The molecule has 32 heavy (non-hydrogen) atoms. The smallest absolute Gasteiger partial charge is 0.233 e. The molecular weight excluding hydrogens is 492 g/mol. The summed E-state index contributed by atoms with van der Waals surface area (Å²) in [6.45, 7) is 4.61. The van der Waals surface area contributed by atoms with E-state index in [0.717, 1.165) is 11.3 Å². The fourth-order valence-electron chi connectivity index (χ4n) is 3.54. The minimum absolute atomic E-state index is 0.00790. The molecule has 2 atom stereocenters. The summed E-state index contributed by atoms with van der Waals surface area (Å²) in [5.41, 5.74) is 0. The van der Waals surface area contributed by atoms with E-state index >= 15 is 0 Å². The molecule has 0 spiro atoms. The van der Waals surface area contributed by atoms with Crippen molar-refractivity contribution >= 4 is 47.6 Å². The molecule has 1 fully saturated rings. The normalized spacial score (nSPS) is 19.8. The zero-order chi connectivity index (χ0) is 23.1. The number of sulfone groups is 2. The maximum Gasteiger partial charge on any atom is 0.233 e. The number of aromatic nitrogens is 1. The summed E-state index contributed by atoms with van der Waals surface area (Å²) >= 11 is 6.78. The number of nitrogens with zero attached hydrogens (tertiary/aromatic N) is 2. The van der Waals surface area contributed by atoms with Crippen LogP contribution in [0.15, 0.2) is 73.8 Å². The maximum absolute atomic E-state index is 13.5. The van der Waals surface area contributed by atoms with Gasteiger partial charge in [-0.2, -0.15) is 0 Å². The number of rotatable bonds is 5. The van der Waals surface area contributed by atoms with Gasteiger partial charge in [-0.15, -0.1) is 0 Å². The van der Waals surface area contributed by atoms with E-state index in [0.29, 0.717) is 18.1 Å². The lowest BCUT2D eigenvalue weighted by molar-refractivity contribution is -0.00517. The van der Waals surface area contributed by atoms with E-state index in [1.165, 1.54) is 36.4 Å². The molecule has 1 aliphatic heterocycles. The summed E-state index contributed by atoms with van der Waals surface area (Å²) < 4.78 is 58.9. The van der Waals surface area contributed by atoms with Crippen LogP contribution in [-0.4, -0.2) is 47.1 Å². The monoisotopic (exact) mass is 512 g/mol. The summed E-state index contributed by atoms with van der Waals surface area (Å²) in [6, 6.07) is 13.6. The number of hydrogen-bond acceptors (Lipinski definition) is 8. The van der Waals surface area contributed by atoms with Gasteiger partial charge >= 0.3 is 0 Å². The summed E-state index contributed by atoms with van der Waals surface area (Å²) in [4.78, 5) is 6.06. The van der Waals surface area contributed by atoms with E-state index in [-0.39, 0.29) is 36.4 Å². The molecule has 170 valence electrons. The van der Waals surface area contributed by atoms with Crippen LogP contribution in [0.3, 0.4) is 0 Å². The molecule has 0 N–H and O–H groups in total. The van der Waals surface area contributed by atoms with E-state index in [1.54, 1.807) is 18.2 Å². The van der Waals surface area contributed by atoms with Crippen LogP contribution in [0, 0.1) is 0 Å². The van der Waals surface area contributed by atoms with E-state index in [4.69, 9.17) is 16.3 Å². The Morgan fingerprint density at radius 3 is 2.06 bits per heavy atom. The highest BCUT2D eigenvalue weighted by Crippen LogP contribution is 2.40. The van der Waals surface area contributed by atoms with Crippen molar-refractivity contribution in [1.29, 1.82) is 0 Å². The molecule has 0 radical (unpaired) electrons. The molecule has 0 unspecified atom stereocenters. The Labute approximate surface area is 196 Å². The molecule has 1 saturated heterocycles. The van der Waals surface area contributed by atoms with Crippen molar-refractivity contribution in [2.24, 2.45) is 0 Å². The minimum Gasteiger partial charge on any atom is -0.372 e. The van der Waals surface area contributed by atoms with Crippen molar-refractivity contribution in [3.63, 3.8) is 0 Å². The predicted octanol–water partition coefficient (Wildman–Crippen LogP) is 4.08. The minimum atomic E-state index is -4.10. The second-order valence-corrected chi connectivity index (χ2v) is 12.9. The van der Waals surface area contributed by atoms with Gasteiger partial charge in [0.2, 0.25) is 24.0 Å². The summed E-state index contributed by atoms with van der Waals surface area (Å²) in [6.07, 6.45) is -0.303. The number of benzene rings is 2. The Bertz CT molecular complexity index is 1310. The van der Waals surface area contributed by atoms with Crippen molar-refractivity contribution in [1.82, 2.24) is 4.98 Å². The van der Waals surface area contributed by atoms with Crippen molar-refractivity contribution in [3.8, 4) is 0 Å². The molecule has 11 heteroatoms. The molecule has 4 rings (SSSR count). The van der Waals surface area contributed by atoms with Crippen molar-refractivity contribution < 1.29 is 21.6 Å². The number of thiazole rings is 1. The lowest BCUT2D eigenvalue weighted by Crippen LogP contribution is -2.45. The van der Waals surface area contributed by atoms with Crippen molar-refractivity contribution in [2.75, 3.05) is 18.0 Å². The molecule has 3 aromatic rings. The first-order valence-corrected chi connectivity index (χ1v) is 14.0. The molecule has 0 saturated carbocycles. The number of morpholine rings is 1. The number of halogens is 1. The van der Waals surface area contributed by atoms with Crippen LogP contribution in [0.2, 0.25) is 5.02 Å². The molecule has 1 aromatic heterocycles. The first kappa shape index (κ1) is 23.2. The van der Waals surface area contributed by atoms with Crippen LogP contribution in [-0.2, 0) is 24.4 Å². The van der Waals surface area contributed by atoms with Gasteiger partial charge in [-0.1, -0.05) is 41.1 Å². The molecule has 1 aliphatic rings. The van der Waals surface area contributed by atoms with Crippen molar-refractivity contribution in [3.05, 3.63) is 59.6 Å². The van der Waals surface area contributed by atoms with E-state index in [9.17, 15) is 16.8 Å². The third-order valence-electron chi connectivity index (χ3n) is 4.93. The second-order valence-electron chi connectivity index (χ2n) is 7.53. The average molecular weight is 513 g/mol. The van der Waals surface area contributed by atoms with Gasteiger partial charge in [0, 0.05) is 18.1 Å². The number of ether oxygens (including phenoxy) is 1. The molecule has 2 heterocycles. The largest absolute Gasteiger partial charge is 0.372 e. The van der Waals surface area contributed by atoms with Gasteiger partial charge in [0.05, 0.1) is 22.0 Å². The third-order valence-corrected chi connectivity index (χ3v) is 10.3. The predicted molar refractivity (Wildman–Crippen MR) is 123 cm³/mol. The van der Waals surface area contributed by atoms with Gasteiger partial charge in [0.15, 0.2) is 5.03 Å². The maximum atomic E-state index is 13.5. The molecule has 0 amide bonds. The van der Waals surface area contributed by atoms with E-state index in [1.807, 2.05) is 18.7 Å². The van der Waals surface area contributed by atoms with Crippen LogP contribution in [0.5, 0.6) is 0 Å². The topological polar surface area (TPSA) is 93.6 Å². The third kappa shape index (κ3) is 4.42. The molecule has 7 nitrogen and oxygen atoms in total. The Kier molecular flexibility index (Phi) is 6.34. The fraction of sp³-hybridized carbons (Fsp3) is 0.286. The molecule has 0 aliphatic carbocycles. The first-order chi connectivity index (χ1) is 15.1. The van der Waals surface area contributed by atoms with Crippen LogP contribution < -0.4 is 4.90 Å². The van der Waals surface area contributed by atoms with Gasteiger partial charge < -0.3 is 9.64 Å². The van der Waals surface area contributed by atoms with Crippen molar-refractivity contribution in [2.45, 2.75) is 45.2 Å². The SMILES string of the molecule is C[C@@H]1CN(c2sc(S(=O)(=O)c3ccccc3)nc2S(=O)(=O)c2ccc(Cl)cc2)C[C@@H](C)O1. The van der Waals surface area contributed by atoms with Crippen LogP contribution in [0.4, 0.5) is 5.00 Å². The summed E-state index contributed by atoms with van der Waals surface area (Å²) in [7, 11) is -8.09. The lowest BCUT2D eigenvalue weighted by atomic mass is 10.2. The highest BCUT2D eigenvalue weighted by molar-refractivity contribution is 7.94. The molecule has 2 aromatic carbocycles. The highest BCUT2D eigenvalue weighted by Gasteiger charge is 2.35. The first-order valence-electron chi connectivity index (χ1n) is 9.81. The van der Waals surface area contributed by atoms with E-state index in [2.05, 4.69) is 4.98 Å². The number of hydrogen-bond donors (Lipinski definition) is 0. The molecular formula is C21H21ClN2O5S3. The van der Waals surface area contributed by atoms with Gasteiger partial charge in [0.1, 0.15) is 5.00 Å². The van der Waals surface area contributed by atoms with Gasteiger partial charge in [-0.05, 0) is 50.2 Å². The van der Waals surface area contributed by atoms with Crippen LogP contribution in [0.1, 0.15) is 13.8 Å². The van der Waals surface area contributed by atoms with Crippen LogP contribution >= 0.6 is 22.9 Å². The quantitative estimate of drug-likeness (QED) is 0.508. The Hall–Kier alpha value is -1.98. The highest BCUT2D eigenvalue weighted by atomic mass is 35.5. The molecule has 0 bridgehead atoms. The Morgan fingerprint density at radius 2 is 1.47 bits per heavy atom. The Morgan fingerprint density at radius 1 is 0.906 bits per heavy atom. The van der Waals surface area contributed by atoms with Gasteiger partial charge in [-0.3, -0.25) is 0 Å². The zero-order valence-electron chi connectivity index (χ0n) is 17.3. The number of anilines is 1. The van der Waals surface area contributed by atoms with Gasteiger partial charge in [0.25, 0.3) is 0 Å². The Balaban J connectivity index is 1.89. The average Bonchev–Trinajstić information content (AvgIpc) is 3.21. The fourth-order valence-corrected chi connectivity index (χ4v) is 8.13. The lowest BCUT2D eigenvalue weighted by Gasteiger charge is -2.36. The van der Waals surface area contributed by atoms with Gasteiger partial charge in [-0.25, -0.2) is 21.8 Å². The van der Waals surface area contributed by atoms with E-state index < -0.39 is 19.7 Å². The zero-order valence-corrected chi connectivity index (χ0v) is 20.5.